The lowest BCUT2D eigenvalue weighted by Gasteiger charge is -2.42. The molecule has 1 aromatic heterocycles. The molecule has 8 heteroatoms. The summed E-state index contributed by atoms with van der Waals surface area (Å²) in [4.78, 5) is 10.7. The molecule has 1 atom stereocenters. The highest BCUT2D eigenvalue weighted by Crippen LogP contribution is 2.24. The minimum Gasteiger partial charge on any atom is -0.409 e. The third kappa shape index (κ3) is 3.59. The molecular weight excluding hydrogens is 274 g/mol. The van der Waals surface area contributed by atoms with E-state index in [1.165, 1.54) is 0 Å². The van der Waals surface area contributed by atoms with Crippen molar-refractivity contribution in [1.29, 1.82) is 0 Å². The van der Waals surface area contributed by atoms with Gasteiger partial charge in [-0.1, -0.05) is 5.16 Å². The summed E-state index contributed by atoms with van der Waals surface area (Å²) in [6.07, 6.45) is -0.301. The summed E-state index contributed by atoms with van der Waals surface area (Å²) in [5.41, 5.74) is 6.25. The highest BCUT2D eigenvalue weighted by atomic mass is 16.5. The molecule has 21 heavy (non-hydrogen) atoms. The van der Waals surface area contributed by atoms with Gasteiger partial charge in [0.25, 0.3) is 0 Å². The van der Waals surface area contributed by atoms with E-state index in [-0.39, 0.29) is 18.5 Å². The quantitative estimate of drug-likeness (QED) is 0.307. The van der Waals surface area contributed by atoms with Crippen molar-refractivity contribution < 1.29 is 15.1 Å². The Balaban J connectivity index is 2.34. The van der Waals surface area contributed by atoms with Crippen molar-refractivity contribution in [2.24, 2.45) is 10.9 Å². The Morgan fingerprint density at radius 2 is 2.29 bits per heavy atom. The number of hydrogen-bond donors (Lipinski definition) is 3. The number of oxime groups is 1. The zero-order valence-corrected chi connectivity index (χ0v) is 12.4. The highest BCUT2D eigenvalue weighted by molar-refractivity contribution is 5.95. The Hall–Kier alpha value is -1.93. The first-order chi connectivity index (χ1) is 9.84. The average Bonchev–Trinajstić information content (AvgIpc) is 2.43. The Morgan fingerprint density at radius 3 is 2.90 bits per heavy atom. The van der Waals surface area contributed by atoms with Gasteiger partial charge in [0.15, 0.2) is 5.84 Å². The van der Waals surface area contributed by atoms with Gasteiger partial charge in [-0.05, 0) is 26.8 Å². The van der Waals surface area contributed by atoms with Crippen LogP contribution in [0.2, 0.25) is 0 Å². The summed E-state index contributed by atoms with van der Waals surface area (Å²) in [6.45, 7) is 6.71. The van der Waals surface area contributed by atoms with Gasteiger partial charge in [0.1, 0.15) is 5.69 Å². The molecule has 0 radical (unpaired) electrons. The molecule has 1 aliphatic heterocycles. The van der Waals surface area contributed by atoms with Crippen LogP contribution in [0, 0.1) is 6.92 Å². The van der Waals surface area contributed by atoms with Crippen LogP contribution >= 0.6 is 0 Å². The number of aromatic nitrogens is 2. The lowest BCUT2D eigenvalue weighted by Crippen LogP contribution is -2.54. The molecule has 2 rings (SSSR count). The monoisotopic (exact) mass is 295 g/mol. The van der Waals surface area contributed by atoms with E-state index in [2.05, 4.69) is 15.1 Å². The number of ether oxygens (including phenoxy) is 1. The summed E-state index contributed by atoms with van der Waals surface area (Å²) in [5, 5.41) is 21.1. The van der Waals surface area contributed by atoms with Gasteiger partial charge < -0.3 is 25.7 Å². The second-order valence-electron chi connectivity index (χ2n) is 5.74. The minimum absolute atomic E-state index is 0.0621. The number of hydrogen-bond acceptors (Lipinski definition) is 7. The zero-order valence-electron chi connectivity index (χ0n) is 12.4. The number of rotatable bonds is 3. The number of anilines is 1. The fourth-order valence-corrected chi connectivity index (χ4v) is 2.42. The molecule has 4 N–H and O–H groups in total. The minimum atomic E-state index is -0.421. The number of nitrogens with zero attached hydrogens (tertiary/aromatic N) is 4. The van der Waals surface area contributed by atoms with Crippen molar-refractivity contribution in [3.05, 3.63) is 17.5 Å². The normalized spacial score (nSPS) is 22.4. The molecule has 1 aliphatic rings. The fraction of sp³-hybridized carbons (Fsp3) is 0.615. The molecule has 116 valence electrons. The van der Waals surface area contributed by atoms with Crippen LogP contribution < -0.4 is 10.6 Å². The Morgan fingerprint density at radius 1 is 1.57 bits per heavy atom. The first-order valence-electron chi connectivity index (χ1n) is 6.72. The van der Waals surface area contributed by atoms with Crippen LogP contribution in [0.1, 0.15) is 25.2 Å². The zero-order chi connectivity index (χ0) is 15.6. The van der Waals surface area contributed by atoms with Crippen LogP contribution in [0.15, 0.2) is 11.2 Å². The molecule has 1 aromatic rings. The molecule has 0 aliphatic carbocycles. The maximum atomic E-state index is 9.36. The summed E-state index contributed by atoms with van der Waals surface area (Å²) in [7, 11) is 0. The van der Waals surface area contributed by atoms with Crippen molar-refractivity contribution in [2.75, 3.05) is 24.6 Å². The van der Waals surface area contributed by atoms with Gasteiger partial charge in [-0.2, -0.15) is 0 Å². The lowest BCUT2D eigenvalue weighted by atomic mass is 10.1. The van der Waals surface area contributed by atoms with E-state index in [1.807, 2.05) is 25.7 Å². The standard InChI is InChI=1S/C13H21N5O3/c1-8-4-10(11(14)17-20)16-12(15-8)18-5-9(6-19)21-13(2,3)7-18/h4,9,19-20H,5-7H2,1-3H3,(H2,14,17). The number of aryl methyl sites for hydroxylation is 1. The lowest BCUT2D eigenvalue weighted by molar-refractivity contribution is -0.101. The number of morpholine rings is 1. The van der Waals surface area contributed by atoms with Crippen LogP contribution in [0.5, 0.6) is 0 Å². The number of aliphatic hydroxyl groups excluding tert-OH is 1. The van der Waals surface area contributed by atoms with E-state index in [4.69, 9.17) is 15.7 Å². The molecule has 0 aromatic carbocycles. The molecule has 0 saturated carbocycles. The maximum absolute atomic E-state index is 9.36. The van der Waals surface area contributed by atoms with E-state index >= 15 is 0 Å². The van der Waals surface area contributed by atoms with Crippen molar-refractivity contribution in [1.82, 2.24) is 9.97 Å². The highest BCUT2D eigenvalue weighted by Gasteiger charge is 2.34. The van der Waals surface area contributed by atoms with Crippen molar-refractivity contribution >= 4 is 11.8 Å². The number of amidine groups is 1. The van der Waals surface area contributed by atoms with Gasteiger partial charge in [-0.3, -0.25) is 0 Å². The van der Waals surface area contributed by atoms with Crippen LogP contribution in [-0.2, 0) is 4.74 Å². The smallest absolute Gasteiger partial charge is 0.226 e. The largest absolute Gasteiger partial charge is 0.409 e. The Labute approximate surface area is 123 Å². The van der Waals surface area contributed by atoms with E-state index < -0.39 is 5.60 Å². The summed E-state index contributed by atoms with van der Waals surface area (Å²) in [6, 6.07) is 1.65. The van der Waals surface area contributed by atoms with Crippen LogP contribution in [0.4, 0.5) is 5.95 Å². The van der Waals surface area contributed by atoms with E-state index in [9.17, 15) is 5.11 Å². The molecule has 1 fully saturated rings. The third-order valence-corrected chi connectivity index (χ3v) is 3.18. The number of nitrogens with two attached hydrogens (primary N) is 1. The van der Waals surface area contributed by atoms with Crippen LogP contribution in [0.25, 0.3) is 0 Å². The maximum Gasteiger partial charge on any atom is 0.226 e. The van der Waals surface area contributed by atoms with Gasteiger partial charge in [-0.25, -0.2) is 9.97 Å². The van der Waals surface area contributed by atoms with Gasteiger partial charge in [0, 0.05) is 18.8 Å². The Kier molecular flexibility index (Phi) is 4.29. The van der Waals surface area contributed by atoms with Crippen molar-refractivity contribution in [3.63, 3.8) is 0 Å². The van der Waals surface area contributed by atoms with Crippen LogP contribution in [0.3, 0.4) is 0 Å². The van der Waals surface area contributed by atoms with Gasteiger partial charge >= 0.3 is 0 Å². The third-order valence-electron chi connectivity index (χ3n) is 3.18. The average molecular weight is 295 g/mol. The van der Waals surface area contributed by atoms with E-state index in [0.29, 0.717) is 30.4 Å². The molecule has 2 heterocycles. The van der Waals surface area contributed by atoms with Gasteiger partial charge in [0.05, 0.1) is 18.3 Å². The van der Waals surface area contributed by atoms with Gasteiger partial charge in [0.2, 0.25) is 5.95 Å². The van der Waals surface area contributed by atoms with E-state index in [1.54, 1.807) is 6.07 Å². The summed E-state index contributed by atoms with van der Waals surface area (Å²) in [5.74, 6) is 0.416. The molecular formula is C13H21N5O3. The SMILES string of the molecule is Cc1cc(/C(N)=N/O)nc(N2CC(CO)OC(C)(C)C2)n1. The second kappa shape index (κ2) is 5.82. The fourth-order valence-electron chi connectivity index (χ4n) is 2.42. The van der Waals surface area contributed by atoms with Crippen molar-refractivity contribution in [3.8, 4) is 0 Å². The topological polar surface area (TPSA) is 117 Å². The second-order valence-corrected chi connectivity index (χ2v) is 5.74. The molecule has 0 spiro atoms. The first kappa shape index (κ1) is 15.5. The van der Waals surface area contributed by atoms with E-state index in [0.717, 1.165) is 0 Å². The predicted molar refractivity (Wildman–Crippen MR) is 77.5 cm³/mol. The van der Waals surface area contributed by atoms with Gasteiger partial charge in [-0.15, -0.1) is 0 Å². The molecule has 1 saturated heterocycles. The first-order valence-corrected chi connectivity index (χ1v) is 6.72. The van der Waals surface area contributed by atoms with Crippen molar-refractivity contribution in [2.45, 2.75) is 32.5 Å². The molecule has 0 bridgehead atoms. The molecule has 0 amide bonds. The Bertz CT molecular complexity index is 547. The van der Waals surface area contributed by atoms with Crippen LogP contribution in [-0.4, -0.2) is 57.5 Å². The molecule has 8 nitrogen and oxygen atoms in total. The summed E-state index contributed by atoms with van der Waals surface area (Å²) >= 11 is 0. The molecule has 1 unspecified atom stereocenters. The predicted octanol–water partition coefficient (Wildman–Crippen LogP) is -0.144. The summed E-state index contributed by atoms with van der Waals surface area (Å²) < 4.78 is 5.77. The number of aliphatic hydroxyl groups is 1.